The number of benzene rings is 2. The van der Waals surface area contributed by atoms with Crippen LogP contribution in [0.3, 0.4) is 0 Å². The number of H-pyrrole nitrogens is 1. The minimum absolute atomic E-state index is 0.226. The Balaban J connectivity index is 1.85. The summed E-state index contributed by atoms with van der Waals surface area (Å²) in [6, 6.07) is 12.7. The van der Waals surface area contributed by atoms with Crippen LogP contribution in [-0.4, -0.2) is 19.9 Å². The molecule has 0 fully saturated rings. The van der Waals surface area contributed by atoms with E-state index in [9.17, 15) is 8.42 Å². The second kappa shape index (κ2) is 6.48. The van der Waals surface area contributed by atoms with Crippen LogP contribution in [0.1, 0.15) is 25.0 Å². The fourth-order valence-corrected chi connectivity index (χ4v) is 4.28. The highest BCUT2D eigenvalue weighted by Gasteiger charge is 2.26. The van der Waals surface area contributed by atoms with Gasteiger partial charge in [-0.2, -0.15) is 0 Å². The maximum absolute atomic E-state index is 12.6. The van der Waals surface area contributed by atoms with Crippen LogP contribution in [-0.2, 0) is 15.4 Å². The average molecular weight is 377 g/mol. The molecule has 3 rings (SSSR count). The minimum Gasteiger partial charge on any atom is -0.361 e. The second-order valence-electron chi connectivity index (χ2n) is 6.87. The first-order valence-corrected chi connectivity index (χ1v) is 9.89. The lowest BCUT2D eigenvalue weighted by Gasteiger charge is -2.25. The number of nitrogens with one attached hydrogen (secondary N) is 2. The highest BCUT2D eigenvalue weighted by Crippen LogP contribution is 2.30. The molecule has 4 nitrogen and oxygen atoms in total. The molecule has 0 atom stereocenters. The number of fused-ring (bicyclic) bond motifs is 1. The zero-order chi connectivity index (χ0) is 18.2. The molecule has 0 aliphatic carbocycles. The summed E-state index contributed by atoms with van der Waals surface area (Å²) < 4.78 is 28.0. The third-order valence-electron chi connectivity index (χ3n) is 4.46. The Kier molecular flexibility index (Phi) is 4.66. The number of para-hydroxylation sites is 1. The van der Waals surface area contributed by atoms with E-state index in [4.69, 9.17) is 11.6 Å². The van der Waals surface area contributed by atoms with E-state index in [1.165, 1.54) is 6.07 Å². The molecule has 0 unspecified atom stereocenters. The summed E-state index contributed by atoms with van der Waals surface area (Å²) in [6.45, 7) is 6.13. The highest BCUT2D eigenvalue weighted by molar-refractivity contribution is 7.89. The number of hydrogen-bond donors (Lipinski definition) is 2. The van der Waals surface area contributed by atoms with E-state index in [0.29, 0.717) is 11.6 Å². The van der Waals surface area contributed by atoms with Crippen LogP contribution in [0.15, 0.2) is 53.6 Å². The summed E-state index contributed by atoms with van der Waals surface area (Å²) >= 11 is 5.98. The van der Waals surface area contributed by atoms with Gasteiger partial charge in [0.15, 0.2) is 0 Å². The van der Waals surface area contributed by atoms with Gasteiger partial charge in [-0.3, -0.25) is 0 Å². The summed E-state index contributed by atoms with van der Waals surface area (Å²) in [5.41, 5.74) is 2.49. The molecule has 3 aromatic rings. The quantitative estimate of drug-likeness (QED) is 0.693. The van der Waals surface area contributed by atoms with Gasteiger partial charge in [0.05, 0.1) is 4.90 Å². The normalized spacial score (nSPS) is 12.6. The first kappa shape index (κ1) is 18.0. The molecule has 0 spiro atoms. The van der Waals surface area contributed by atoms with Gasteiger partial charge >= 0.3 is 0 Å². The third kappa shape index (κ3) is 3.59. The molecular formula is C19H21ClN2O2S. The first-order valence-electron chi connectivity index (χ1n) is 8.03. The number of aromatic amines is 1. The van der Waals surface area contributed by atoms with Crippen molar-refractivity contribution in [1.29, 1.82) is 0 Å². The van der Waals surface area contributed by atoms with Crippen molar-refractivity contribution in [3.8, 4) is 0 Å². The van der Waals surface area contributed by atoms with Crippen molar-refractivity contribution in [2.75, 3.05) is 6.54 Å². The fourth-order valence-electron chi connectivity index (χ4n) is 2.87. The molecule has 0 radical (unpaired) electrons. The van der Waals surface area contributed by atoms with Gasteiger partial charge < -0.3 is 4.98 Å². The Labute approximate surface area is 153 Å². The largest absolute Gasteiger partial charge is 0.361 e. The summed E-state index contributed by atoms with van der Waals surface area (Å²) in [6.07, 6.45) is 1.95. The molecule has 6 heteroatoms. The lowest BCUT2D eigenvalue weighted by molar-refractivity contribution is 0.504. The van der Waals surface area contributed by atoms with E-state index in [0.717, 1.165) is 22.0 Å². The Hall–Kier alpha value is -1.82. The van der Waals surface area contributed by atoms with Crippen molar-refractivity contribution < 1.29 is 8.42 Å². The fraction of sp³-hybridized carbons (Fsp3) is 0.263. The average Bonchev–Trinajstić information content (AvgIpc) is 3.00. The lowest BCUT2D eigenvalue weighted by Crippen LogP contribution is -2.36. The number of aryl methyl sites for hydroxylation is 1. The monoisotopic (exact) mass is 376 g/mol. The molecule has 2 N–H and O–H groups in total. The lowest BCUT2D eigenvalue weighted by atomic mass is 9.85. The highest BCUT2D eigenvalue weighted by atomic mass is 35.5. The van der Waals surface area contributed by atoms with Crippen LogP contribution < -0.4 is 4.72 Å². The van der Waals surface area contributed by atoms with Crippen LogP contribution >= 0.6 is 11.6 Å². The first-order chi connectivity index (χ1) is 11.7. The van der Waals surface area contributed by atoms with Crippen LogP contribution in [0.4, 0.5) is 0 Å². The summed E-state index contributed by atoms with van der Waals surface area (Å²) in [5.74, 6) is 0. The molecule has 1 heterocycles. The van der Waals surface area contributed by atoms with Gasteiger partial charge in [0.2, 0.25) is 10.0 Å². The predicted molar refractivity (Wildman–Crippen MR) is 103 cm³/mol. The number of hydrogen-bond acceptors (Lipinski definition) is 2. The molecule has 0 amide bonds. The molecule has 132 valence electrons. The molecular weight excluding hydrogens is 356 g/mol. The molecule has 25 heavy (non-hydrogen) atoms. The number of aromatic nitrogens is 1. The molecule has 0 saturated carbocycles. The molecule has 0 saturated heterocycles. The standard InChI is InChI=1S/C19H21ClN2O2S/c1-13-10-14(8-9-17(13)20)25(23,24)22-12-19(2,3)16-11-21-18-7-5-4-6-15(16)18/h4-11,21-22H,12H2,1-3H3. The number of halogens is 1. The summed E-state index contributed by atoms with van der Waals surface area (Å²) in [5, 5.41) is 1.66. The Morgan fingerprint density at radius 3 is 2.60 bits per heavy atom. The van der Waals surface area contributed by atoms with Crippen molar-refractivity contribution in [1.82, 2.24) is 9.71 Å². The third-order valence-corrected chi connectivity index (χ3v) is 6.29. The van der Waals surface area contributed by atoms with Crippen molar-refractivity contribution in [2.24, 2.45) is 0 Å². The van der Waals surface area contributed by atoms with Gasteiger partial charge in [0.25, 0.3) is 0 Å². The van der Waals surface area contributed by atoms with E-state index in [1.54, 1.807) is 19.1 Å². The minimum atomic E-state index is -3.60. The van der Waals surface area contributed by atoms with E-state index < -0.39 is 10.0 Å². The second-order valence-corrected chi connectivity index (χ2v) is 9.04. The van der Waals surface area contributed by atoms with E-state index in [-0.39, 0.29) is 10.3 Å². The Morgan fingerprint density at radius 1 is 1.16 bits per heavy atom. The van der Waals surface area contributed by atoms with E-state index in [1.807, 2.05) is 44.3 Å². The van der Waals surface area contributed by atoms with Crippen molar-refractivity contribution in [3.05, 3.63) is 64.8 Å². The number of rotatable bonds is 5. The van der Waals surface area contributed by atoms with Gasteiger partial charge in [0.1, 0.15) is 0 Å². The molecule has 0 bridgehead atoms. The van der Waals surface area contributed by atoms with Gasteiger partial charge in [-0.05, 0) is 42.3 Å². The predicted octanol–water partition coefficient (Wildman–Crippen LogP) is 4.39. The van der Waals surface area contributed by atoms with Gasteiger partial charge in [-0.15, -0.1) is 0 Å². The van der Waals surface area contributed by atoms with Gasteiger partial charge in [-0.25, -0.2) is 13.1 Å². The van der Waals surface area contributed by atoms with Gasteiger partial charge in [0, 0.05) is 34.1 Å². The van der Waals surface area contributed by atoms with Crippen LogP contribution in [0.25, 0.3) is 10.9 Å². The van der Waals surface area contributed by atoms with Crippen LogP contribution in [0.5, 0.6) is 0 Å². The number of sulfonamides is 1. The maximum atomic E-state index is 12.6. The van der Waals surface area contributed by atoms with E-state index >= 15 is 0 Å². The summed E-state index contributed by atoms with van der Waals surface area (Å²) in [7, 11) is -3.60. The van der Waals surface area contributed by atoms with Crippen LogP contribution in [0, 0.1) is 6.92 Å². The van der Waals surface area contributed by atoms with Crippen LogP contribution in [0.2, 0.25) is 5.02 Å². The van der Waals surface area contributed by atoms with Crippen molar-refractivity contribution in [3.63, 3.8) is 0 Å². The van der Waals surface area contributed by atoms with Crippen molar-refractivity contribution in [2.45, 2.75) is 31.1 Å². The van der Waals surface area contributed by atoms with E-state index in [2.05, 4.69) is 9.71 Å². The van der Waals surface area contributed by atoms with Gasteiger partial charge in [-0.1, -0.05) is 43.6 Å². The SMILES string of the molecule is Cc1cc(S(=O)(=O)NCC(C)(C)c2c[nH]c3ccccc23)ccc1Cl. The molecule has 0 aliphatic heterocycles. The Bertz CT molecular complexity index is 1020. The summed E-state index contributed by atoms with van der Waals surface area (Å²) in [4.78, 5) is 3.47. The topological polar surface area (TPSA) is 62.0 Å². The maximum Gasteiger partial charge on any atom is 0.240 e. The molecule has 0 aliphatic rings. The molecule has 1 aromatic heterocycles. The van der Waals surface area contributed by atoms with Crippen molar-refractivity contribution >= 4 is 32.5 Å². The Morgan fingerprint density at radius 2 is 1.88 bits per heavy atom. The zero-order valence-electron chi connectivity index (χ0n) is 14.4. The smallest absolute Gasteiger partial charge is 0.240 e. The zero-order valence-corrected chi connectivity index (χ0v) is 16.0. The molecule has 2 aromatic carbocycles.